The van der Waals surface area contributed by atoms with Crippen LogP contribution in [0.5, 0.6) is 0 Å². The highest BCUT2D eigenvalue weighted by molar-refractivity contribution is 5.74. The lowest BCUT2D eigenvalue weighted by Gasteiger charge is -2.31. The molecule has 3 heterocycles. The number of aromatic nitrogens is 4. The Hall–Kier alpha value is -2.64. The molecule has 2 aromatic heterocycles. The molecule has 2 amide bonds. The molecule has 2 aliphatic rings. The van der Waals surface area contributed by atoms with Crippen LogP contribution in [0.4, 0.5) is 4.79 Å². The zero-order valence-corrected chi connectivity index (χ0v) is 14.7. The molecular formula is C18H24N6O2. The first kappa shape index (κ1) is 16.8. The average molecular weight is 356 g/mol. The second-order valence-electron chi connectivity index (χ2n) is 7.11. The van der Waals surface area contributed by atoms with Crippen molar-refractivity contribution < 1.29 is 4.79 Å². The van der Waals surface area contributed by atoms with E-state index in [1.54, 1.807) is 18.3 Å². The van der Waals surface area contributed by atoms with E-state index in [0.29, 0.717) is 30.8 Å². The lowest BCUT2D eigenvalue weighted by atomic mass is 9.96. The van der Waals surface area contributed by atoms with E-state index in [0.717, 1.165) is 25.7 Å². The van der Waals surface area contributed by atoms with E-state index in [9.17, 15) is 9.59 Å². The Morgan fingerprint density at radius 3 is 2.62 bits per heavy atom. The molecule has 2 N–H and O–H groups in total. The predicted molar refractivity (Wildman–Crippen MR) is 96.3 cm³/mol. The number of nitrogens with zero attached hydrogens (tertiary/aromatic N) is 4. The van der Waals surface area contributed by atoms with Crippen molar-refractivity contribution in [2.75, 3.05) is 13.1 Å². The van der Waals surface area contributed by atoms with E-state index in [4.69, 9.17) is 0 Å². The summed E-state index contributed by atoms with van der Waals surface area (Å²) in [6.07, 6.45) is 7.83. The third-order valence-electron chi connectivity index (χ3n) is 5.35. The van der Waals surface area contributed by atoms with Crippen LogP contribution in [0.25, 0.3) is 5.82 Å². The summed E-state index contributed by atoms with van der Waals surface area (Å²) in [4.78, 5) is 33.5. The van der Waals surface area contributed by atoms with Gasteiger partial charge in [-0.25, -0.2) is 14.6 Å². The summed E-state index contributed by atoms with van der Waals surface area (Å²) in [5, 5.41) is 7.56. The molecule has 2 aromatic rings. The van der Waals surface area contributed by atoms with E-state index >= 15 is 0 Å². The average Bonchev–Trinajstić information content (AvgIpc) is 3.32. The first-order chi connectivity index (χ1) is 12.7. The molecule has 0 unspecified atom stereocenters. The van der Waals surface area contributed by atoms with Gasteiger partial charge < -0.3 is 10.2 Å². The van der Waals surface area contributed by atoms with Gasteiger partial charge >= 0.3 is 11.7 Å². The maximum Gasteiger partial charge on any atom is 0.349 e. The van der Waals surface area contributed by atoms with Crippen LogP contribution in [-0.4, -0.2) is 49.8 Å². The minimum Gasteiger partial charge on any atom is -0.335 e. The molecule has 2 fully saturated rings. The molecule has 0 spiro atoms. The van der Waals surface area contributed by atoms with Crippen molar-refractivity contribution in [2.24, 2.45) is 0 Å². The fraction of sp³-hybridized carbons (Fsp3) is 0.556. The smallest absolute Gasteiger partial charge is 0.335 e. The van der Waals surface area contributed by atoms with Crippen LogP contribution >= 0.6 is 0 Å². The standard InChI is InChI=1S/C18H24N6O2/c25-17(20-14-5-1-2-6-14)23-11-8-13(9-12-23)16-21-18(26)24(22-16)15-7-3-4-10-19-15/h3-4,7,10,13-14H,1-2,5-6,8-9,11-12H2,(H,20,25)(H,21,22,26). The third kappa shape index (κ3) is 3.49. The normalized spacial score (nSPS) is 19.0. The lowest BCUT2D eigenvalue weighted by molar-refractivity contribution is 0.176. The second kappa shape index (κ2) is 7.31. The fourth-order valence-electron chi connectivity index (χ4n) is 3.85. The molecule has 1 saturated carbocycles. The van der Waals surface area contributed by atoms with E-state index in [2.05, 4.69) is 20.4 Å². The van der Waals surface area contributed by atoms with Crippen molar-refractivity contribution in [1.82, 2.24) is 30.0 Å². The van der Waals surface area contributed by atoms with E-state index < -0.39 is 0 Å². The van der Waals surface area contributed by atoms with Crippen molar-refractivity contribution in [1.29, 1.82) is 0 Å². The monoisotopic (exact) mass is 356 g/mol. The maximum atomic E-state index is 12.4. The number of nitrogens with one attached hydrogen (secondary N) is 2. The number of piperidine rings is 1. The number of H-pyrrole nitrogens is 1. The van der Waals surface area contributed by atoms with Gasteiger partial charge in [-0.1, -0.05) is 18.9 Å². The van der Waals surface area contributed by atoms with Crippen molar-refractivity contribution in [2.45, 2.75) is 50.5 Å². The number of urea groups is 1. The first-order valence-corrected chi connectivity index (χ1v) is 9.37. The number of hydrogen-bond donors (Lipinski definition) is 2. The Morgan fingerprint density at radius 2 is 1.92 bits per heavy atom. The number of aromatic amines is 1. The number of carbonyl (C=O) groups is 1. The molecule has 138 valence electrons. The number of amides is 2. The fourth-order valence-corrected chi connectivity index (χ4v) is 3.85. The molecule has 0 bridgehead atoms. The molecule has 1 aliphatic heterocycles. The number of pyridine rings is 1. The Kier molecular flexibility index (Phi) is 4.73. The predicted octanol–water partition coefficient (Wildman–Crippen LogP) is 1.79. The van der Waals surface area contributed by atoms with E-state index in [1.807, 2.05) is 11.0 Å². The van der Waals surface area contributed by atoms with Gasteiger partial charge in [0.25, 0.3) is 0 Å². The minimum atomic E-state index is -0.278. The van der Waals surface area contributed by atoms with Crippen LogP contribution < -0.4 is 11.0 Å². The third-order valence-corrected chi connectivity index (χ3v) is 5.35. The zero-order valence-electron chi connectivity index (χ0n) is 14.7. The lowest BCUT2D eigenvalue weighted by Crippen LogP contribution is -2.47. The quantitative estimate of drug-likeness (QED) is 0.876. The molecule has 8 heteroatoms. The Morgan fingerprint density at radius 1 is 1.15 bits per heavy atom. The van der Waals surface area contributed by atoms with Crippen molar-refractivity contribution in [3.8, 4) is 5.82 Å². The highest BCUT2D eigenvalue weighted by Gasteiger charge is 2.28. The van der Waals surface area contributed by atoms with Crippen LogP contribution in [0.2, 0.25) is 0 Å². The largest absolute Gasteiger partial charge is 0.349 e. The van der Waals surface area contributed by atoms with E-state index in [1.165, 1.54) is 17.5 Å². The van der Waals surface area contributed by atoms with Gasteiger partial charge in [-0.2, -0.15) is 4.68 Å². The number of hydrogen-bond acceptors (Lipinski definition) is 4. The summed E-state index contributed by atoms with van der Waals surface area (Å²) in [5.74, 6) is 1.34. The van der Waals surface area contributed by atoms with Gasteiger partial charge in [-0.3, -0.25) is 4.98 Å². The van der Waals surface area contributed by atoms with Crippen LogP contribution in [0.3, 0.4) is 0 Å². The van der Waals surface area contributed by atoms with Gasteiger partial charge in [0, 0.05) is 31.2 Å². The van der Waals surface area contributed by atoms with Crippen LogP contribution in [-0.2, 0) is 0 Å². The second-order valence-corrected chi connectivity index (χ2v) is 7.11. The first-order valence-electron chi connectivity index (χ1n) is 9.37. The Balaban J connectivity index is 1.37. The Labute approximate surface area is 151 Å². The SMILES string of the molecule is O=C(NC1CCCC1)N1CCC(c2nn(-c3ccccn3)c(=O)[nH]2)CC1. The molecule has 4 rings (SSSR count). The van der Waals surface area contributed by atoms with Gasteiger partial charge in [-0.05, 0) is 37.8 Å². The molecule has 26 heavy (non-hydrogen) atoms. The van der Waals surface area contributed by atoms with Crippen LogP contribution in [0.15, 0.2) is 29.2 Å². The highest BCUT2D eigenvalue weighted by Crippen LogP contribution is 2.25. The summed E-state index contributed by atoms with van der Waals surface area (Å²) in [5.41, 5.74) is -0.278. The maximum absolute atomic E-state index is 12.4. The summed E-state index contributed by atoms with van der Waals surface area (Å²) in [6.45, 7) is 1.36. The van der Waals surface area contributed by atoms with Gasteiger partial charge in [0.1, 0.15) is 5.82 Å². The molecule has 1 saturated heterocycles. The van der Waals surface area contributed by atoms with Crippen molar-refractivity contribution >= 4 is 6.03 Å². The Bertz CT molecular complexity index is 801. The molecule has 1 aliphatic carbocycles. The number of rotatable bonds is 3. The molecule has 8 nitrogen and oxygen atoms in total. The minimum absolute atomic E-state index is 0.0443. The van der Waals surface area contributed by atoms with Gasteiger partial charge in [-0.15, -0.1) is 5.10 Å². The zero-order chi connectivity index (χ0) is 17.9. The molecular weight excluding hydrogens is 332 g/mol. The van der Waals surface area contributed by atoms with Gasteiger partial charge in [0.05, 0.1) is 0 Å². The van der Waals surface area contributed by atoms with Crippen molar-refractivity contribution in [3.63, 3.8) is 0 Å². The molecule has 0 atom stereocenters. The summed E-state index contributed by atoms with van der Waals surface area (Å²) in [6, 6.07) is 5.76. The van der Waals surface area contributed by atoms with E-state index in [-0.39, 0.29) is 17.6 Å². The summed E-state index contributed by atoms with van der Waals surface area (Å²) in [7, 11) is 0. The van der Waals surface area contributed by atoms with Gasteiger partial charge in [0.15, 0.2) is 5.82 Å². The van der Waals surface area contributed by atoms with Gasteiger partial charge in [0.2, 0.25) is 0 Å². The number of likely N-dealkylation sites (tertiary alicyclic amines) is 1. The summed E-state index contributed by atoms with van der Waals surface area (Å²) >= 11 is 0. The highest BCUT2D eigenvalue weighted by atomic mass is 16.2. The molecule has 0 aromatic carbocycles. The van der Waals surface area contributed by atoms with Crippen LogP contribution in [0, 0.1) is 0 Å². The summed E-state index contributed by atoms with van der Waals surface area (Å²) < 4.78 is 1.30. The number of carbonyl (C=O) groups excluding carboxylic acids is 1. The van der Waals surface area contributed by atoms with Crippen molar-refractivity contribution in [3.05, 3.63) is 40.7 Å². The molecule has 0 radical (unpaired) electrons. The van der Waals surface area contributed by atoms with Crippen LogP contribution in [0.1, 0.15) is 50.3 Å². The topological polar surface area (TPSA) is 95.9 Å².